The maximum atomic E-state index is 12.1. The van der Waals surface area contributed by atoms with Gasteiger partial charge in [0.2, 0.25) is 5.91 Å². The van der Waals surface area contributed by atoms with Gasteiger partial charge < -0.3 is 14.6 Å². The van der Waals surface area contributed by atoms with E-state index in [0.29, 0.717) is 19.4 Å². The van der Waals surface area contributed by atoms with Gasteiger partial charge in [0, 0.05) is 20.0 Å². The van der Waals surface area contributed by atoms with E-state index in [4.69, 9.17) is 4.74 Å². The Hall–Kier alpha value is -2.82. The third-order valence-corrected chi connectivity index (χ3v) is 4.47. The first-order chi connectivity index (χ1) is 12.1. The minimum atomic E-state index is 0.0307. The van der Waals surface area contributed by atoms with Gasteiger partial charge in [-0.05, 0) is 42.7 Å². The quantitative estimate of drug-likeness (QED) is 0.752. The van der Waals surface area contributed by atoms with E-state index < -0.39 is 0 Å². The molecule has 0 radical (unpaired) electrons. The Morgan fingerprint density at radius 3 is 2.84 bits per heavy atom. The van der Waals surface area contributed by atoms with E-state index in [1.54, 1.807) is 7.11 Å². The molecule has 0 aliphatic carbocycles. The van der Waals surface area contributed by atoms with Crippen LogP contribution in [-0.4, -0.2) is 22.6 Å². The van der Waals surface area contributed by atoms with Crippen LogP contribution in [0.1, 0.15) is 23.4 Å². The molecule has 1 amide bonds. The molecule has 0 atom stereocenters. The average molecular weight is 337 g/mol. The van der Waals surface area contributed by atoms with Crippen LogP contribution in [0.3, 0.4) is 0 Å². The number of methoxy groups -OCH3 is 1. The van der Waals surface area contributed by atoms with Gasteiger partial charge in [-0.3, -0.25) is 4.79 Å². The SMILES string of the molecule is COc1ccccc1CCC(=O)NCc1ccc2c(c1)nc(C)n2C. The molecule has 2 aromatic carbocycles. The molecule has 0 unspecified atom stereocenters. The molecule has 3 aromatic rings. The first-order valence-corrected chi connectivity index (χ1v) is 8.39. The largest absolute Gasteiger partial charge is 0.496 e. The number of rotatable bonds is 6. The standard InChI is InChI=1S/C20H23N3O2/c1-14-22-17-12-15(8-10-18(17)23(14)2)13-21-20(24)11-9-16-6-4-5-7-19(16)25-3/h4-8,10,12H,9,11,13H2,1-3H3,(H,21,24). The lowest BCUT2D eigenvalue weighted by molar-refractivity contribution is -0.121. The van der Waals surface area contributed by atoms with Gasteiger partial charge in [0.15, 0.2) is 0 Å². The van der Waals surface area contributed by atoms with Gasteiger partial charge in [-0.2, -0.15) is 0 Å². The summed E-state index contributed by atoms with van der Waals surface area (Å²) in [5.41, 5.74) is 4.16. The summed E-state index contributed by atoms with van der Waals surface area (Å²) in [6, 6.07) is 13.9. The summed E-state index contributed by atoms with van der Waals surface area (Å²) >= 11 is 0. The van der Waals surface area contributed by atoms with Crippen LogP contribution in [0.5, 0.6) is 5.75 Å². The van der Waals surface area contributed by atoms with Gasteiger partial charge in [0.05, 0.1) is 18.1 Å². The number of aryl methyl sites for hydroxylation is 3. The van der Waals surface area contributed by atoms with E-state index in [0.717, 1.165) is 33.7 Å². The van der Waals surface area contributed by atoms with Crippen molar-refractivity contribution in [1.82, 2.24) is 14.9 Å². The molecule has 1 N–H and O–H groups in total. The second-order valence-electron chi connectivity index (χ2n) is 6.13. The fourth-order valence-electron chi connectivity index (χ4n) is 2.92. The Labute approximate surface area is 147 Å². The highest BCUT2D eigenvalue weighted by atomic mass is 16.5. The summed E-state index contributed by atoms with van der Waals surface area (Å²) in [5.74, 6) is 1.84. The minimum Gasteiger partial charge on any atom is -0.496 e. The lowest BCUT2D eigenvalue weighted by Gasteiger charge is -2.09. The van der Waals surface area contributed by atoms with Crippen molar-refractivity contribution in [2.45, 2.75) is 26.3 Å². The number of aromatic nitrogens is 2. The fraction of sp³-hybridized carbons (Fsp3) is 0.300. The number of para-hydroxylation sites is 1. The van der Waals surface area contributed by atoms with Crippen molar-refractivity contribution in [2.75, 3.05) is 7.11 Å². The molecule has 0 saturated heterocycles. The first-order valence-electron chi connectivity index (χ1n) is 8.39. The molecular formula is C20H23N3O2. The molecule has 5 nitrogen and oxygen atoms in total. The molecule has 1 heterocycles. The third-order valence-electron chi connectivity index (χ3n) is 4.47. The highest BCUT2D eigenvalue weighted by Crippen LogP contribution is 2.19. The molecular weight excluding hydrogens is 314 g/mol. The number of nitrogens with one attached hydrogen (secondary N) is 1. The molecule has 3 rings (SSSR count). The predicted molar refractivity (Wildman–Crippen MR) is 98.6 cm³/mol. The predicted octanol–water partition coefficient (Wildman–Crippen LogP) is 3.14. The van der Waals surface area contributed by atoms with Crippen LogP contribution in [0.4, 0.5) is 0 Å². The number of amides is 1. The van der Waals surface area contributed by atoms with Crippen molar-refractivity contribution in [3.05, 3.63) is 59.4 Å². The van der Waals surface area contributed by atoms with Crippen molar-refractivity contribution in [1.29, 1.82) is 0 Å². The Kier molecular flexibility index (Phi) is 5.03. The molecule has 0 aliphatic heterocycles. The van der Waals surface area contributed by atoms with Gasteiger partial charge in [-0.25, -0.2) is 4.98 Å². The lowest BCUT2D eigenvalue weighted by Crippen LogP contribution is -2.23. The molecule has 1 aromatic heterocycles. The highest BCUT2D eigenvalue weighted by Gasteiger charge is 2.08. The summed E-state index contributed by atoms with van der Waals surface area (Å²) < 4.78 is 7.38. The van der Waals surface area contributed by atoms with Gasteiger partial charge in [-0.1, -0.05) is 24.3 Å². The number of hydrogen-bond donors (Lipinski definition) is 1. The van der Waals surface area contributed by atoms with E-state index >= 15 is 0 Å². The van der Waals surface area contributed by atoms with Crippen molar-refractivity contribution < 1.29 is 9.53 Å². The van der Waals surface area contributed by atoms with Crippen LogP contribution in [0, 0.1) is 6.92 Å². The average Bonchev–Trinajstić information content (AvgIpc) is 2.92. The molecule has 25 heavy (non-hydrogen) atoms. The van der Waals surface area contributed by atoms with Crippen LogP contribution < -0.4 is 10.1 Å². The van der Waals surface area contributed by atoms with Gasteiger partial charge in [-0.15, -0.1) is 0 Å². The van der Waals surface area contributed by atoms with Crippen LogP contribution >= 0.6 is 0 Å². The molecule has 0 spiro atoms. The number of carbonyl (C=O) groups is 1. The topological polar surface area (TPSA) is 56.1 Å². The van der Waals surface area contributed by atoms with Crippen molar-refractivity contribution in [2.24, 2.45) is 7.05 Å². The van der Waals surface area contributed by atoms with Crippen LogP contribution in [-0.2, 0) is 24.8 Å². The minimum absolute atomic E-state index is 0.0307. The Balaban J connectivity index is 1.57. The van der Waals surface area contributed by atoms with Gasteiger partial charge in [0.1, 0.15) is 11.6 Å². The monoisotopic (exact) mass is 337 g/mol. The number of imidazole rings is 1. The van der Waals surface area contributed by atoms with Crippen molar-refractivity contribution in [3.8, 4) is 5.75 Å². The zero-order valence-electron chi connectivity index (χ0n) is 14.9. The Morgan fingerprint density at radius 2 is 2.04 bits per heavy atom. The molecule has 0 aliphatic rings. The number of benzene rings is 2. The maximum Gasteiger partial charge on any atom is 0.220 e. The van der Waals surface area contributed by atoms with Gasteiger partial charge in [0.25, 0.3) is 0 Å². The van der Waals surface area contributed by atoms with E-state index in [9.17, 15) is 4.79 Å². The normalized spacial score (nSPS) is 10.8. The smallest absolute Gasteiger partial charge is 0.220 e. The molecule has 0 saturated carbocycles. The van der Waals surface area contributed by atoms with Crippen molar-refractivity contribution in [3.63, 3.8) is 0 Å². The summed E-state index contributed by atoms with van der Waals surface area (Å²) in [4.78, 5) is 16.7. The first kappa shape index (κ1) is 17.0. The number of carbonyl (C=O) groups excluding carboxylic acids is 1. The lowest BCUT2D eigenvalue weighted by atomic mass is 10.1. The zero-order chi connectivity index (χ0) is 17.8. The summed E-state index contributed by atoms with van der Waals surface area (Å²) in [7, 11) is 3.65. The van der Waals surface area contributed by atoms with E-state index in [2.05, 4.69) is 14.9 Å². The summed E-state index contributed by atoms with van der Waals surface area (Å²) in [6.07, 6.45) is 1.10. The second-order valence-corrected chi connectivity index (χ2v) is 6.13. The summed E-state index contributed by atoms with van der Waals surface area (Å²) in [6.45, 7) is 2.50. The fourth-order valence-corrected chi connectivity index (χ4v) is 2.92. The molecule has 0 bridgehead atoms. The third kappa shape index (κ3) is 3.82. The van der Waals surface area contributed by atoms with Gasteiger partial charge >= 0.3 is 0 Å². The van der Waals surface area contributed by atoms with Crippen LogP contribution in [0.25, 0.3) is 11.0 Å². The number of hydrogen-bond acceptors (Lipinski definition) is 3. The van der Waals surface area contributed by atoms with E-state index in [1.165, 1.54) is 0 Å². The zero-order valence-corrected chi connectivity index (χ0v) is 14.9. The summed E-state index contributed by atoms with van der Waals surface area (Å²) in [5, 5.41) is 2.98. The molecule has 0 fully saturated rings. The number of nitrogens with zero attached hydrogens (tertiary/aromatic N) is 2. The second kappa shape index (κ2) is 7.38. The molecule has 130 valence electrons. The Morgan fingerprint density at radius 1 is 1.24 bits per heavy atom. The number of ether oxygens (including phenoxy) is 1. The Bertz CT molecular complexity index is 899. The number of fused-ring (bicyclic) bond motifs is 1. The van der Waals surface area contributed by atoms with E-state index in [-0.39, 0.29) is 5.91 Å². The van der Waals surface area contributed by atoms with E-state index in [1.807, 2.05) is 56.4 Å². The van der Waals surface area contributed by atoms with Crippen LogP contribution in [0.15, 0.2) is 42.5 Å². The highest BCUT2D eigenvalue weighted by molar-refractivity contribution is 5.78. The van der Waals surface area contributed by atoms with Crippen molar-refractivity contribution >= 4 is 16.9 Å². The maximum absolute atomic E-state index is 12.1. The van der Waals surface area contributed by atoms with Crippen LogP contribution in [0.2, 0.25) is 0 Å². The molecule has 5 heteroatoms.